The zero-order chi connectivity index (χ0) is 24.3. The Kier molecular flexibility index (Phi) is 9.54. The lowest BCUT2D eigenvalue weighted by atomic mass is 9.97. The number of aliphatic hydroxyl groups excluding tert-OH is 1. The molecule has 0 aliphatic carbocycles. The van der Waals surface area contributed by atoms with Crippen molar-refractivity contribution < 1.29 is 29.3 Å². The Labute approximate surface area is 199 Å². The number of aromatic hydroxyl groups is 1. The van der Waals surface area contributed by atoms with Gasteiger partial charge in [0.2, 0.25) is 0 Å². The molecule has 1 aliphatic heterocycles. The van der Waals surface area contributed by atoms with E-state index < -0.39 is 12.1 Å². The molecule has 0 unspecified atom stereocenters. The molecule has 2 aromatic carbocycles. The Morgan fingerprint density at radius 2 is 1.88 bits per heavy atom. The van der Waals surface area contributed by atoms with Gasteiger partial charge in [-0.25, -0.2) is 9.59 Å². The van der Waals surface area contributed by atoms with E-state index in [-0.39, 0.29) is 18.4 Å². The number of ether oxygens (including phenoxy) is 2. The fraction of sp³-hybridized carbons (Fsp3) is 0.440. The lowest BCUT2D eigenvalue weighted by molar-refractivity contribution is 0.0526. The third-order valence-electron chi connectivity index (χ3n) is 5.62. The molecule has 0 saturated carbocycles. The first-order valence-corrected chi connectivity index (χ1v) is 11.6. The van der Waals surface area contributed by atoms with Crippen molar-refractivity contribution in [3.05, 3.63) is 54.1 Å². The van der Waals surface area contributed by atoms with Gasteiger partial charge in [0, 0.05) is 25.3 Å². The van der Waals surface area contributed by atoms with E-state index in [1.54, 1.807) is 48.2 Å². The number of phenols is 1. The molecule has 184 valence electrons. The molecular formula is C25H33N3O6. The van der Waals surface area contributed by atoms with Crippen LogP contribution in [0.3, 0.4) is 0 Å². The molecular weight excluding hydrogens is 438 g/mol. The summed E-state index contributed by atoms with van der Waals surface area (Å²) in [4.78, 5) is 26.3. The van der Waals surface area contributed by atoms with Gasteiger partial charge in [0.15, 0.2) is 0 Å². The number of benzene rings is 2. The number of urea groups is 1. The van der Waals surface area contributed by atoms with Gasteiger partial charge in [0.1, 0.15) is 24.2 Å². The highest BCUT2D eigenvalue weighted by Crippen LogP contribution is 2.19. The van der Waals surface area contributed by atoms with Gasteiger partial charge in [-0.15, -0.1) is 0 Å². The van der Waals surface area contributed by atoms with E-state index in [1.165, 1.54) is 12.1 Å². The van der Waals surface area contributed by atoms with Crippen molar-refractivity contribution in [1.82, 2.24) is 10.2 Å². The van der Waals surface area contributed by atoms with E-state index in [0.29, 0.717) is 49.2 Å². The number of rotatable bonds is 10. The second-order valence-electron chi connectivity index (χ2n) is 8.28. The van der Waals surface area contributed by atoms with Crippen LogP contribution in [-0.2, 0) is 4.74 Å². The number of hydrogen-bond acceptors (Lipinski definition) is 7. The third-order valence-corrected chi connectivity index (χ3v) is 5.62. The first kappa shape index (κ1) is 25.3. The SMILES string of the molecule is CCOC(=O)c1cccc(NC(=O)N2CCC(CNC[C@H](O)COc3ccc(O)cc3)CC2)c1. The second-order valence-corrected chi connectivity index (χ2v) is 8.28. The quantitative estimate of drug-likeness (QED) is 0.393. The molecule has 0 spiro atoms. The van der Waals surface area contributed by atoms with Crippen LogP contribution in [-0.4, -0.2) is 72.6 Å². The number of carbonyl (C=O) groups is 2. The maximum atomic E-state index is 12.6. The van der Waals surface area contributed by atoms with Gasteiger partial charge in [0.05, 0.1) is 12.2 Å². The Balaban J connectivity index is 1.33. The summed E-state index contributed by atoms with van der Waals surface area (Å²) in [7, 11) is 0. The average molecular weight is 472 g/mol. The summed E-state index contributed by atoms with van der Waals surface area (Å²) >= 11 is 0. The van der Waals surface area contributed by atoms with Gasteiger partial charge >= 0.3 is 12.0 Å². The number of phenolic OH excluding ortho intramolecular Hbond substituents is 1. The topological polar surface area (TPSA) is 120 Å². The molecule has 1 fully saturated rings. The molecule has 34 heavy (non-hydrogen) atoms. The second kappa shape index (κ2) is 12.8. The Morgan fingerprint density at radius 3 is 2.59 bits per heavy atom. The van der Waals surface area contributed by atoms with Crippen LogP contribution in [0.5, 0.6) is 11.5 Å². The normalized spacial score (nSPS) is 14.9. The van der Waals surface area contributed by atoms with E-state index >= 15 is 0 Å². The van der Waals surface area contributed by atoms with Crippen molar-refractivity contribution in [3.63, 3.8) is 0 Å². The highest BCUT2D eigenvalue weighted by Gasteiger charge is 2.23. The summed E-state index contributed by atoms with van der Waals surface area (Å²) in [5, 5.41) is 25.5. The molecule has 0 aromatic heterocycles. The van der Waals surface area contributed by atoms with Gasteiger partial charge in [-0.1, -0.05) is 6.07 Å². The number of likely N-dealkylation sites (tertiary alicyclic amines) is 1. The summed E-state index contributed by atoms with van der Waals surface area (Å²) in [5.74, 6) is 0.766. The first-order valence-electron chi connectivity index (χ1n) is 11.6. The fourth-order valence-corrected chi connectivity index (χ4v) is 3.73. The molecule has 2 amide bonds. The molecule has 2 aromatic rings. The van der Waals surface area contributed by atoms with Crippen molar-refractivity contribution in [2.75, 3.05) is 44.7 Å². The third kappa shape index (κ3) is 7.93. The van der Waals surface area contributed by atoms with Crippen LogP contribution >= 0.6 is 0 Å². The summed E-state index contributed by atoms with van der Waals surface area (Å²) in [5.41, 5.74) is 0.961. The Hall–Kier alpha value is -3.30. The smallest absolute Gasteiger partial charge is 0.338 e. The number of aliphatic hydroxyl groups is 1. The summed E-state index contributed by atoms with van der Waals surface area (Å²) in [6, 6.07) is 12.9. The molecule has 0 bridgehead atoms. The summed E-state index contributed by atoms with van der Waals surface area (Å²) < 4.78 is 10.5. The number of hydrogen-bond donors (Lipinski definition) is 4. The monoisotopic (exact) mass is 471 g/mol. The number of nitrogens with one attached hydrogen (secondary N) is 2. The summed E-state index contributed by atoms with van der Waals surface area (Å²) in [6.07, 6.45) is 1.08. The van der Waals surface area contributed by atoms with Gasteiger partial charge < -0.3 is 35.2 Å². The van der Waals surface area contributed by atoms with Crippen LogP contribution in [0.2, 0.25) is 0 Å². The lowest BCUT2D eigenvalue weighted by Gasteiger charge is -2.32. The van der Waals surface area contributed by atoms with Crippen molar-refractivity contribution in [2.24, 2.45) is 5.92 Å². The minimum atomic E-state index is -0.648. The molecule has 9 nitrogen and oxygen atoms in total. The largest absolute Gasteiger partial charge is 0.508 e. The fourth-order valence-electron chi connectivity index (χ4n) is 3.73. The zero-order valence-electron chi connectivity index (χ0n) is 19.4. The van der Waals surface area contributed by atoms with E-state index in [9.17, 15) is 19.8 Å². The van der Waals surface area contributed by atoms with Crippen LogP contribution < -0.4 is 15.4 Å². The number of piperidine rings is 1. The highest BCUT2D eigenvalue weighted by atomic mass is 16.5. The van der Waals surface area contributed by atoms with Crippen LogP contribution in [0.25, 0.3) is 0 Å². The molecule has 1 heterocycles. The first-order chi connectivity index (χ1) is 16.4. The molecule has 9 heteroatoms. The van der Waals surface area contributed by atoms with Crippen LogP contribution in [0, 0.1) is 5.92 Å². The maximum Gasteiger partial charge on any atom is 0.338 e. The van der Waals surface area contributed by atoms with Crippen LogP contribution in [0.4, 0.5) is 10.5 Å². The molecule has 1 aliphatic rings. The van der Waals surface area contributed by atoms with Crippen LogP contribution in [0.1, 0.15) is 30.1 Å². The minimum Gasteiger partial charge on any atom is -0.508 e. The number of amides is 2. The van der Waals surface area contributed by atoms with Crippen molar-refractivity contribution >= 4 is 17.7 Å². The molecule has 1 saturated heterocycles. The van der Waals surface area contributed by atoms with Gasteiger partial charge in [-0.2, -0.15) is 0 Å². The average Bonchev–Trinajstić information content (AvgIpc) is 2.84. The Morgan fingerprint density at radius 1 is 1.15 bits per heavy atom. The predicted molar refractivity (Wildman–Crippen MR) is 128 cm³/mol. The molecule has 4 N–H and O–H groups in total. The predicted octanol–water partition coefficient (Wildman–Crippen LogP) is 2.84. The van der Waals surface area contributed by atoms with Crippen molar-refractivity contribution in [1.29, 1.82) is 0 Å². The summed E-state index contributed by atoms with van der Waals surface area (Å²) in [6.45, 7) is 4.66. The standard InChI is InChI=1S/C25H33N3O6/c1-2-33-24(31)19-4-3-5-20(14-19)27-25(32)28-12-10-18(11-13-28)15-26-16-22(30)17-34-23-8-6-21(29)7-9-23/h3-9,14,18,22,26,29-30H,2,10-13,15-17H2,1H3,(H,27,32)/t22-/m0/s1. The minimum absolute atomic E-state index is 0.160. The van der Waals surface area contributed by atoms with Crippen molar-refractivity contribution in [2.45, 2.75) is 25.9 Å². The van der Waals surface area contributed by atoms with E-state index in [1.807, 2.05) is 0 Å². The van der Waals surface area contributed by atoms with Crippen LogP contribution in [0.15, 0.2) is 48.5 Å². The lowest BCUT2D eigenvalue weighted by Crippen LogP contribution is -2.43. The number of esters is 1. The molecule has 3 rings (SSSR count). The highest BCUT2D eigenvalue weighted by molar-refractivity contribution is 5.94. The van der Waals surface area contributed by atoms with E-state index in [0.717, 1.165) is 19.4 Å². The van der Waals surface area contributed by atoms with E-state index in [2.05, 4.69) is 10.6 Å². The molecule has 1 atom stereocenters. The zero-order valence-corrected chi connectivity index (χ0v) is 19.4. The van der Waals surface area contributed by atoms with Gasteiger partial charge in [-0.3, -0.25) is 0 Å². The maximum absolute atomic E-state index is 12.6. The van der Waals surface area contributed by atoms with Crippen molar-refractivity contribution in [3.8, 4) is 11.5 Å². The van der Waals surface area contributed by atoms with Gasteiger partial charge in [0.25, 0.3) is 0 Å². The number of anilines is 1. The Bertz CT molecular complexity index is 929. The van der Waals surface area contributed by atoms with E-state index in [4.69, 9.17) is 9.47 Å². The van der Waals surface area contributed by atoms with Gasteiger partial charge in [-0.05, 0) is 74.7 Å². The number of carbonyl (C=O) groups excluding carboxylic acids is 2. The number of nitrogens with zero attached hydrogens (tertiary/aromatic N) is 1. The molecule has 0 radical (unpaired) electrons.